The number of nitro benzene ring substituents is 3. The van der Waals surface area contributed by atoms with Crippen LogP contribution in [0.2, 0.25) is 5.02 Å². The Balaban J connectivity index is 0.000000152. The zero-order chi connectivity index (χ0) is 74.9. The number of primary amides is 1. The van der Waals surface area contributed by atoms with E-state index >= 15 is 0 Å². The maximum absolute atomic E-state index is 13.3. The van der Waals surface area contributed by atoms with E-state index in [4.69, 9.17) is 41.0 Å². The summed E-state index contributed by atoms with van der Waals surface area (Å²) >= 11 is 5.98. The largest absolute Gasteiger partial charge is 0.496 e. The lowest BCUT2D eigenvalue weighted by Gasteiger charge is -2.11. The molecule has 0 aliphatic carbocycles. The summed E-state index contributed by atoms with van der Waals surface area (Å²) in [5, 5.41) is 47.0. The monoisotopic (exact) mass is 1440 g/mol. The Morgan fingerprint density at radius 1 is 0.396 bits per heavy atom. The molecule has 13 rings (SSSR count). The molecule has 4 aromatic heterocycles. The first-order valence-electron chi connectivity index (χ1n) is 32.1. The number of nitrogens with zero attached hydrogens (tertiary/aromatic N) is 7. The zero-order valence-electron chi connectivity index (χ0n) is 57.1. The van der Waals surface area contributed by atoms with Crippen molar-refractivity contribution in [3.05, 3.63) is 332 Å². The molecule has 0 saturated heterocycles. The van der Waals surface area contributed by atoms with Gasteiger partial charge in [0.05, 0.1) is 48.8 Å². The molecule has 26 heteroatoms. The van der Waals surface area contributed by atoms with Gasteiger partial charge in [-0.15, -0.1) is 0 Å². The highest BCUT2D eigenvalue weighted by Crippen LogP contribution is 2.37. The van der Waals surface area contributed by atoms with Crippen LogP contribution in [0.3, 0.4) is 0 Å². The summed E-state index contributed by atoms with van der Waals surface area (Å²) < 4.78 is 39.5. The Morgan fingerprint density at radius 3 is 1.14 bits per heavy atom. The highest BCUT2D eigenvalue weighted by Gasteiger charge is 2.20. The standard InChI is InChI=1S/C25H21N3O4.C19H17N3O2.C18H14ClN3O3.C18H14FN3O3/c1-31-24-11-10-19(14-23(24)28(29)30)20-12-13-26-25(15-20)27-21-8-5-9-22(16-21)32-17-18-6-3-2-4-7-18;1-24-17-8-7-13(11-16(17)19(20)23)14-9-10-21-18(12-14)22-15-5-3-2-4-6-15;2*1-25-17-6-5-12(9-16(17)22(23)24)13-7-8-20-18(10-13)21-15-4-2-3-14(19)11-15/h2-16H,17H2,1H3,(H,26,27);2-12H,1H3,(H2,20,23)(H,21,22);2*2-11H,1H3,(H,20,21). The van der Waals surface area contributed by atoms with E-state index in [-0.39, 0.29) is 40.1 Å². The third kappa shape index (κ3) is 20.7. The van der Waals surface area contributed by atoms with Crippen LogP contribution in [0.1, 0.15) is 15.9 Å². The predicted octanol–water partition coefficient (Wildman–Crippen LogP) is 19.2. The number of halogens is 2. The fourth-order valence-corrected chi connectivity index (χ4v) is 10.7. The van der Waals surface area contributed by atoms with Crippen LogP contribution in [0.4, 0.5) is 67.5 Å². The number of carbonyl (C=O) groups is 1. The fraction of sp³-hybridized carbons (Fsp3) is 0.0625. The maximum Gasteiger partial charge on any atom is 0.311 e. The molecule has 532 valence electrons. The number of nitro groups is 3. The first-order valence-corrected chi connectivity index (χ1v) is 32.5. The molecule has 0 fully saturated rings. The van der Waals surface area contributed by atoms with Crippen molar-refractivity contribution in [1.82, 2.24) is 19.9 Å². The summed E-state index contributed by atoms with van der Waals surface area (Å²) in [5.74, 6) is 3.40. The number of methoxy groups -OCH3 is 4. The van der Waals surface area contributed by atoms with Crippen LogP contribution in [0.15, 0.2) is 280 Å². The molecule has 0 atom stereocenters. The minimum atomic E-state index is -0.523. The SMILES string of the molecule is COc1ccc(-c2ccnc(Nc3cccc(Cl)c3)c2)cc1[N+](=O)[O-].COc1ccc(-c2ccnc(Nc3cccc(F)c3)c2)cc1[N+](=O)[O-].COc1ccc(-c2ccnc(Nc3cccc(OCc4ccccc4)c3)c2)cc1[N+](=O)[O-].COc1ccc(-c2ccnc(Nc3ccccc3)c2)cc1C(N)=O. The van der Waals surface area contributed by atoms with Gasteiger partial charge in [0.2, 0.25) is 0 Å². The van der Waals surface area contributed by atoms with Gasteiger partial charge in [0.15, 0.2) is 17.2 Å². The van der Waals surface area contributed by atoms with E-state index in [1.165, 1.54) is 58.8 Å². The number of nitrogens with one attached hydrogen (secondary N) is 4. The number of aromatic nitrogens is 4. The number of carbonyl (C=O) groups excluding carboxylic acids is 1. The third-order valence-electron chi connectivity index (χ3n) is 15.6. The van der Waals surface area contributed by atoms with Crippen molar-refractivity contribution in [2.45, 2.75) is 6.61 Å². The maximum atomic E-state index is 13.3. The second-order valence-electron chi connectivity index (χ2n) is 22.6. The number of nitrogens with two attached hydrogens (primary N) is 1. The molecular formula is C80H66ClFN12O12. The van der Waals surface area contributed by atoms with Gasteiger partial charge in [0.1, 0.15) is 47.2 Å². The van der Waals surface area contributed by atoms with Gasteiger partial charge in [-0.1, -0.05) is 103 Å². The van der Waals surface area contributed by atoms with Crippen molar-refractivity contribution in [2.75, 3.05) is 49.7 Å². The van der Waals surface area contributed by atoms with Gasteiger partial charge in [-0.05, 0) is 190 Å². The Labute approximate surface area is 612 Å². The fourth-order valence-electron chi connectivity index (χ4n) is 10.5. The topological polar surface area (TPSA) is 318 Å². The van der Waals surface area contributed by atoms with Crippen molar-refractivity contribution < 1.29 is 47.6 Å². The van der Waals surface area contributed by atoms with Gasteiger partial charge in [-0.2, -0.15) is 0 Å². The molecule has 0 spiro atoms. The number of para-hydroxylation sites is 1. The van der Waals surface area contributed by atoms with Crippen LogP contribution < -0.4 is 50.7 Å². The van der Waals surface area contributed by atoms with Crippen molar-refractivity contribution in [3.63, 3.8) is 0 Å². The average molecular weight is 1440 g/mol. The number of pyridine rings is 4. The Bertz CT molecular complexity index is 5090. The lowest BCUT2D eigenvalue weighted by atomic mass is 10.0. The Hall–Kier alpha value is -14.3. The van der Waals surface area contributed by atoms with Gasteiger partial charge in [-0.25, -0.2) is 24.3 Å². The first kappa shape index (κ1) is 74.4. The molecular weight excluding hydrogens is 1380 g/mol. The summed E-state index contributed by atoms with van der Waals surface area (Å²) in [6, 6.07) is 74.9. The first-order chi connectivity index (χ1) is 51.4. The van der Waals surface area contributed by atoms with Crippen molar-refractivity contribution in [1.29, 1.82) is 0 Å². The van der Waals surface area contributed by atoms with E-state index in [1.54, 1.807) is 122 Å². The minimum Gasteiger partial charge on any atom is -0.496 e. The average Bonchev–Trinajstić information content (AvgIpc) is 0.836. The summed E-state index contributed by atoms with van der Waals surface area (Å²) in [6.45, 7) is 0.480. The van der Waals surface area contributed by atoms with Gasteiger partial charge >= 0.3 is 17.1 Å². The molecule has 0 aliphatic rings. The second-order valence-corrected chi connectivity index (χ2v) is 23.1. The summed E-state index contributed by atoms with van der Waals surface area (Å²) in [5.41, 5.74) is 15.9. The smallest absolute Gasteiger partial charge is 0.311 e. The Morgan fingerprint density at radius 2 is 0.745 bits per heavy atom. The molecule has 9 aromatic carbocycles. The van der Waals surface area contributed by atoms with Crippen molar-refractivity contribution >= 4 is 80.6 Å². The van der Waals surface area contributed by atoms with Gasteiger partial charge in [-0.3, -0.25) is 35.1 Å². The summed E-state index contributed by atoms with van der Waals surface area (Å²) in [4.78, 5) is 61.0. The molecule has 1 amide bonds. The van der Waals surface area contributed by atoms with Gasteiger partial charge in [0, 0.05) is 76.8 Å². The van der Waals surface area contributed by atoms with E-state index in [0.29, 0.717) is 62.8 Å². The van der Waals surface area contributed by atoms with Gasteiger partial charge < -0.3 is 50.7 Å². The molecule has 106 heavy (non-hydrogen) atoms. The number of amides is 1. The number of rotatable bonds is 23. The number of hydrogen-bond acceptors (Lipinski definition) is 20. The van der Waals surface area contributed by atoms with E-state index in [9.17, 15) is 39.5 Å². The van der Waals surface area contributed by atoms with E-state index in [1.807, 2.05) is 127 Å². The van der Waals surface area contributed by atoms with Crippen molar-refractivity contribution in [2.24, 2.45) is 5.73 Å². The summed E-state index contributed by atoms with van der Waals surface area (Å²) in [7, 11) is 5.71. The predicted molar refractivity (Wildman–Crippen MR) is 408 cm³/mol. The van der Waals surface area contributed by atoms with E-state index in [2.05, 4.69) is 41.2 Å². The van der Waals surface area contributed by atoms with Crippen LogP contribution >= 0.6 is 11.6 Å². The zero-order valence-corrected chi connectivity index (χ0v) is 57.9. The third-order valence-corrected chi connectivity index (χ3v) is 15.8. The highest BCUT2D eigenvalue weighted by molar-refractivity contribution is 6.30. The lowest BCUT2D eigenvalue weighted by molar-refractivity contribution is -0.385. The lowest BCUT2D eigenvalue weighted by Crippen LogP contribution is -2.12. The molecule has 0 unspecified atom stereocenters. The van der Waals surface area contributed by atoms with Crippen LogP contribution in [0, 0.1) is 36.2 Å². The molecule has 6 N–H and O–H groups in total. The summed E-state index contributed by atoms with van der Waals surface area (Å²) in [6.07, 6.45) is 6.59. The molecule has 0 bridgehead atoms. The second kappa shape index (κ2) is 36.3. The quantitative estimate of drug-likeness (QED) is 0.0293. The molecule has 0 radical (unpaired) electrons. The van der Waals surface area contributed by atoms with E-state index in [0.717, 1.165) is 62.0 Å². The Kier molecular flexibility index (Phi) is 25.5. The molecule has 0 aliphatic heterocycles. The van der Waals surface area contributed by atoms with Crippen LogP contribution in [0.5, 0.6) is 28.7 Å². The van der Waals surface area contributed by atoms with Crippen LogP contribution in [-0.2, 0) is 6.61 Å². The van der Waals surface area contributed by atoms with Crippen LogP contribution in [0.25, 0.3) is 44.5 Å². The molecule has 0 saturated carbocycles. The van der Waals surface area contributed by atoms with Gasteiger partial charge in [0.25, 0.3) is 5.91 Å². The minimum absolute atomic E-state index is 0.0823. The molecule has 4 heterocycles. The number of hydrogen-bond donors (Lipinski definition) is 5. The number of benzene rings is 9. The highest BCUT2D eigenvalue weighted by atomic mass is 35.5. The number of ether oxygens (including phenoxy) is 5. The molecule has 13 aromatic rings. The number of anilines is 8. The van der Waals surface area contributed by atoms with E-state index < -0.39 is 20.7 Å². The van der Waals surface area contributed by atoms with Crippen molar-refractivity contribution in [3.8, 4) is 73.3 Å². The van der Waals surface area contributed by atoms with Crippen LogP contribution in [-0.4, -0.2) is 69.1 Å². The molecule has 24 nitrogen and oxygen atoms in total. The normalized spacial score (nSPS) is 10.3.